The van der Waals surface area contributed by atoms with Crippen LogP contribution in [0.3, 0.4) is 0 Å². The fourth-order valence-corrected chi connectivity index (χ4v) is 3.85. The van der Waals surface area contributed by atoms with E-state index in [2.05, 4.69) is 10.0 Å². The number of carbonyl (C=O) groups excluding carboxylic acids is 1. The van der Waals surface area contributed by atoms with Crippen molar-refractivity contribution in [1.29, 1.82) is 0 Å². The standard InChI is InChI=1S/C21H17F3N2O3S/c1-14-6-2-3-11-19(14)26-30(28,29)18-10-4-7-15(12-18)20(27)25-17-9-5-8-16(13-17)21(22,23)24/h2-13,26H,1H3,(H,25,27). The molecule has 0 aromatic heterocycles. The van der Waals surface area contributed by atoms with Gasteiger partial charge in [-0.2, -0.15) is 13.2 Å². The second-order valence-corrected chi connectivity index (χ2v) is 8.16. The molecule has 0 aliphatic carbocycles. The Bertz CT molecular complexity index is 1190. The van der Waals surface area contributed by atoms with Crippen LogP contribution in [0.15, 0.2) is 77.7 Å². The molecule has 0 radical (unpaired) electrons. The lowest BCUT2D eigenvalue weighted by Gasteiger charge is -2.12. The molecule has 156 valence electrons. The Morgan fingerprint density at radius 1 is 0.900 bits per heavy atom. The van der Waals surface area contributed by atoms with Crippen LogP contribution in [0.4, 0.5) is 24.5 Å². The molecule has 0 atom stereocenters. The number of amides is 1. The first-order valence-corrected chi connectivity index (χ1v) is 10.2. The van der Waals surface area contributed by atoms with E-state index < -0.39 is 27.7 Å². The number of alkyl halides is 3. The number of aryl methyl sites for hydroxylation is 1. The Balaban J connectivity index is 1.83. The van der Waals surface area contributed by atoms with Gasteiger partial charge in [-0.3, -0.25) is 9.52 Å². The molecular formula is C21H17F3N2O3S. The molecule has 0 aliphatic heterocycles. The van der Waals surface area contributed by atoms with Crippen molar-refractivity contribution in [3.05, 3.63) is 89.5 Å². The summed E-state index contributed by atoms with van der Waals surface area (Å²) in [6.07, 6.45) is -4.55. The predicted molar refractivity (Wildman–Crippen MR) is 108 cm³/mol. The van der Waals surface area contributed by atoms with Crippen LogP contribution < -0.4 is 10.0 Å². The van der Waals surface area contributed by atoms with Crippen molar-refractivity contribution in [3.63, 3.8) is 0 Å². The summed E-state index contributed by atoms with van der Waals surface area (Å²) in [4.78, 5) is 12.3. The van der Waals surface area contributed by atoms with Crippen LogP contribution in [0.5, 0.6) is 0 Å². The Morgan fingerprint density at radius 2 is 1.60 bits per heavy atom. The first-order valence-electron chi connectivity index (χ1n) is 8.73. The smallest absolute Gasteiger partial charge is 0.322 e. The molecule has 9 heteroatoms. The number of sulfonamides is 1. The van der Waals surface area contributed by atoms with Crippen molar-refractivity contribution in [2.24, 2.45) is 0 Å². The number of benzene rings is 3. The van der Waals surface area contributed by atoms with Crippen molar-refractivity contribution in [2.75, 3.05) is 10.0 Å². The third kappa shape index (κ3) is 4.98. The van der Waals surface area contributed by atoms with Crippen LogP contribution >= 0.6 is 0 Å². The zero-order valence-corrected chi connectivity index (χ0v) is 16.5. The minimum Gasteiger partial charge on any atom is -0.322 e. The highest BCUT2D eigenvalue weighted by Gasteiger charge is 2.30. The van der Waals surface area contributed by atoms with Crippen molar-refractivity contribution >= 4 is 27.3 Å². The van der Waals surface area contributed by atoms with E-state index in [4.69, 9.17) is 0 Å². The zero-order valence-electron chi connectivity index (χ0n) is 15.7. The number of hydrogen-bond acceptors (Lipinski definition) is 3. The summed E-state index contributed by atoms with van der Waals surface area (Å²) >= 11 is 0. The minimum atomic E-state index is -4.55. The molecule has 2 N–H and O–H groups in total. The molecule has 0 fully saturated rings. The number of anilines is 2. The molecule has 1 amide bonds. The topological polar surface area (TPSA) is 75.3 Å². The summed E-state index contributed by atoms with van der Waals surface area (Å²) in [5.41, 5.74) is 0.149. The predicted octanol–water partition coefficient (Wildman–Crippen LogP) is 5.07. The van der Waals surface area contributed by atoms with Gasteiger partial charge in [-0.25, -0.2) is 8.42 Å². The average Bonchev–Trinajstić information content (AvgIpc) is 2.69. The second kappa shape index (κ2) is 8.19. The number of rotatable bonds is 5. The van der Waals surface area contributed by atoms with Gasteiger partial charge >= 0.3 is 6.18 Å². The van der Waals surface area contributed by atoms with Gasteiger partial charge in [-0.05, 0) is 55.0 Å². The van der Waals surface area contributed by atoms with Gasteiger partial charge in [0.1, 0.15) is 0 Å². The van der Waals surface area contributed by atoms with Gasteiger partial charge in [0.05, 0.1) is 16.1 Å². The number of para-hydroxylation sites is 1. The van der Waals surface area contributed by atoms with Crippen LogP contribution in [0.1, 0.15) is 21.5 Å². The molecule has 5 nitrogen and oxygen atoms in total. The first-order chi connectivity index (χ1) is 14.1. The van der Waals surface area contributed by atoms with Crippen molar-refractivity contribution in [3.8, 4) is 0 Å². The summed E-state index contributed by atoms with van der Waals surface area (Å²) in [6.45, 7) is 1.75. The average molecular weight is 434 g/mol. The lowest BCUT2D eigenvalue weighted by Crippen LogP contribution is -2.16. The maximum absolute atomic E-state index is 12.8. The maximum Gasteiger partial charge on any atom is 0.416 e. The largest absolute Gasteiger partial charge is 0.416 e. The summed E-state index contributed by atoms with van der Waals surface area (Å²) in [7, 11) is -3.97. The van der Waals surface area contributed by atoms with E-state index in [9.17, 15) is 26.4 Å². The normalized spacial score (nSPS) is 11.7. The fourth-order valence-electron chi connectivity index (χ4n) is 2.67. The highest BCUT2D eigenvalue weighted by atomic mass is 32.2. The molecule has 3 aromatic carbocycles. The summed E-state index contributed by atoms with van der Waals surface area (Å²) in [6, 6.07) is 16.2. The molecule has 0 heterocycles. The molecule has 3 aromatic rings. The van der Waals surface area contributed by atoms with E-state index in [0.29, 0.717) is 5.69 Å². The van der Waals surface area contributed by atoms with Gasteiger partial charge in [0.25, 0.3) is 15.9 Å². The molecule has 0 bridgehead atoms. The molecule has 0 saturated carbocycles. The van der Waals surface area contributed by atoms with E-state index in [-0.39, 0.29) is 16.1 Å². The van der Waals surface area contributed by atoms with E-state index in [1.54, 1.807) is 31.2 Å². The molecule has 0 spiro atoms. The molecule has 3 rings (SSSR count). The fraction of sp³-hybridized carbons (Fsp3) is 0.0952. The maximum atomic E-state index is 12.8. The van der Waals surface area contributed by atoms with Gasteiger partial charge in [0.2, 0.25) is 0 Å². The van der Waals surface area contributed by atoms with Crippen molar-refractivity contribution < 1.29 is 26.4 Å². The summed E-state index contributed by atoms with van der Waals surface area (Å²) in [5, 5.41) is 2.35. The highest BCUT2D eigenvalue weighted by molar-refractivity contribution is 7.92. The lowest BCUT2D eigenvalue weighted by molar-refractivity contribution is -0.137. The van der Waals surface area contributed by atoms with Gasteiger partial charge in [0, 0.05) is 11.3 Å². The summed E-state index contributed by atoms with van der Waals surface area (Å²) < 4.78 is 66.3. The minimum absolute atomic E-state index is 0.0138. The number of hydrogen-bond donors (Lipinski definition) is 2. The van der Waals surface area contributed by atoms with Gasteiger partial charge in [0.15, 0.2) is 0 Å². The van der Waals surface area contributed by atoms with Crippen molar-refractivity contribution in [2.45, 2.75) is 18.0 Å². The highest BCUT2D eigenvalue weighted by Crippen LogP contribution is 2.30. The van der Waals surface area contributed by atoms with Crippen LogP contribution in [0.25, 0.3) is 0 Å². The van der Waals surface area contributed by atoms with Crippen LogP contribution in [0.2, 0.25) is 0 Å². The third-order valence-electron chi connectivity index (χ3n) is 4.24. The van der Waals surface area contributed by atoms with E-state index in [1.807, 2.05) is 0 Å². The molecular weight excluding hydrogens is 417 g/mol. The summed E-state index contributed by atoms with van der Waals surface area (Å²) in [5.74, 6) is -0.734. The quantitative estimate of drug-likeness (QED) is 0.589. The van der Waals surface area contributed by atoms with E-state index in [1.165, 1.54) is 30.3 Å². The van der Waals surface area contributed by atoms with Crippen molar-refractivity contribution in [1.82, 2.24) is 0 Å². The second-order valence-electron chi connectivity index (χ2n) is 6.48. The monoisotopic (exact) mass is 434 g/mol. The van der Waals surface area contributed by atoms with Crippen LogP contribution in [-0.4, -0.2) is 14.3 Å². The molecule has 30 heavy (non-hydrogen) atoms. The van der Waals surface area contributed by atoms with Crippen LogP contribution in [-0.2, 0) is 16.2 Å². The first kappa shape index (κ1) is 21.4. The Hall–Kier alpha value is -3.33. The number of nitrogens with one attached hydrogen (secondary N) is 2. The zero-order chi connectivity index (χ0) is 21.9. The Labute approximate surface area is 171 Å². The lowest BCUT2D eigenvalue weighted by atomic mass is 10.1. The van der Waals surface area contributed by atoms with Crippen LogP contribution in [0, 0.1) is 6.92 Å². The van der Waals surface area contributed by atoms with Gasteiger partial charge < -0.3 is 5.32 Å². The Morgan fingerprint density at radius 3 is 2.30 bits per heavy atom. The molecule has 0 unspecified atom stereocenters. The SMILES string of the molecule is Cc1ccccc1NS(=O)(=O)c1cccc(C(=O)Nc2cccc(C(F)(F)F)c2)c1. The van der Waals surface area contributed by atoms with Gasteiger partial charge in [-0.1, -0.05) is 30.3 Å². The number of halogens is 3. The van der Waals surface area contributed by atoms with E-state index >= 15 is 0 Å². The molecule has 0 aliphatic rings. The van der Waals surface area contributed by atoms with Gasteiger partial charge in [-0.15, -0.1) is 0 Å². The third-order valence-corrected chi connectivity index (χ3v) is 5.61. The number of carbonyl (C=O) groups is 1. The Kier molecular flexibility index (Phi) is 5.84. The van der Waals surface area contributed by atoms with E-state index in [0.717, 1.165) is 23.8 Å². The molecule has 0 saturated heterocycles.